The lowest BCUT2D eigenvalue weighted by atomic mass is 9.85. The number of halogens is 3. The molecule has 0 heterocycles. The van der Waals surface area contributed by atoms with Crippen LogP contribution in [0.3, 0.4) is 0 Å². The first-order valence-electron chi connectivity index (χ1n) is 5.96. The minimum atomic E-state index is -4.24. The average molecular weight is 256 g/mol. The first-order chi connectivity index (χ1) is 8.16. The van der Waals surface area contributed by atoms with Gasteiger partial charge in [-0.1, -0.05) is 57.2 Å². The minimum absolute atomic E-state index is 0.0488. The molecule has 0 aliphatic rings. The third kappa shape index (κ3) is 3.62. The summed E-state index contributed by atoms with van der Waals surface area (Å²) in [6, 6.07) is 6.69. The highest BCUT2D eigenvalue weighted by molar-refractivity contribution is 5.32. The Balaban J connectivity index is 3.09. The van der Waals surface area contributed by atoms with E-state index in [4.69, 9.17) is 0 Å². The van der Waals surface area contributed by atoms with Crippen molar-refractivity contribution in [2.45, 2.75) is 45.2 Å². The molecule has 18 heavy (non-hydrogen) atoms. The van der Waals surface area contributed by atoms with Crippen LogP contribution in [0.1, 0.15) is 44.7 Å². The molecule has 0 nitrogen and oxygen atoms in total. The Kier molecular flexibility index (Phi) is 4.25. The highest BCUT2D eigenvalue weighted by Gasteiger charge is 2.38. The minimum Gasteiger partial charge on any atom is -0.170 e. The van der Waals surface area contributed by atoms with Crippen molar-refractivity contribution in [1.82, 2.24) is 0 Å². The molecule has 0 spiro atoms. The third-order valence-corrected chi connectivity index (χ3v) is 2.87. The quantitative estimate of drug-likeness (QED) is 0.637. The number of alkyl halides is 3. The van der Waals surface area contributed by atoms with E-state index < -0.39 is 12.1 Å². The van der Waals surface area contributed by atoms with Crippen molar-refractivity contribution in [2.24, 2.45) is 0 Å². The van der Waals surface area contributed by atoms with Crippen molar-refractivity contribution in [1.29, 1.82) is 0 Å². The highest BCUT2D eigenvalue weighted by atomic mass is 19.4. The van der Waals surface area contributed by atoms with Crippen molar-refractivity contribution in [3.05, 3.63) is 47.5 Å². The summed E-state index contributed by atoms with van der Waals surface area (Å²) in [4.78, 5) is 0. The summed E-state index contributed by atoms with van der Waals surface area (Å²) < 4.78 is 38.6. The standard InChI is InChI=1S/C15H19F3/c1-5-6-13(15(16,17)18)11-7-9-12(10-8-11)14(2,3)4/h5-10,13H,1-4H3/b6-5+. The van der Waals surface area contributed by atoms with Gasteiger partial charge in [-0.25, -0.2) is 0 Å². The molecule has 0 saturated carbocycles. The van der Waals surface area contributed by atoms with Crippen molar-refractivity contribution < 1.29 is 13.2 Å². The second-order valence-corrected chi connectivity index (χ2v) is 5.42. The lowest BCUT2D eigenvalue weighted by Crippen LogP contribution is -2.19. The summed E-state index contributed by atoms with van der Waals surface area (Å²) in [7, 11) is 0. The average Bonchev–Trinajstić information content (AvgIpc) is 2.23. The number of benzene rings is 1. The van der Waals surface area contributed by atoms with E-state index >= 15 is 0 Å². The van der Waals surface area contributed by atoms with Crippen molar-refractivity contribution in [2.75, 3.05) is 0 Å². The van der Waals surface area contributed by atoms with Gasteiger partial charge < -0.3 is 0 Å². The van der Waals surface area contributed by atoms with E-state index in [1.807, 2.05) is 20.8 Å². The molecule has 0 aromatic heterocycles. The molecule has 100 valence electrons. The van der Waals surface area contributed by atoms with Gasteiger partial charge in [0, 0.05) is 0 Å². The summed E-state index contributed by atoms with van der Waals surface area (Å²) in [6.07, 6.45) is -1.61. The predicted molar refractivity (Wildman–Crippen MR) is 68.8 cm³/mol. The van der Waals surface area contributed by atoms with Gasteiger partial charge in [0.05, 0.1) is 5.92 Å². The normalized spacial score (nSPS) is 15.1. The molecule has 1 aromatic carbocycles. The van der Waals surface area contributed by atoms with Gasteiger partial charge in [0.2, 0.25) is 0 Å². The number of rotatable bonds is 2. The van der Waals surface area contributed by atoms with E-state index in [2.05, 4.69) is 0 Å². The molecule has 0 fully saturated rings. The number of allylic oxidation sites excluding steroid dienone is 2. The summed E-state index contributed by atoms with van der Waals surface area (Å²) in [5, 5.41) is 0. The van der Waals surface area contributed by atoms with Gasteiger partial charge in [0.1, 0.15) is 0 Å². The van der Waals surface area contributed by atoms with Gasteiger partial charge in [0.25, 0.3) is 0 Å². The zero-order chi connectivity index (χ0) is 14.0. The number of hydrogen-bond acceptors (Lipinski definition) is 0. The van der Waals surface area contributed by atoms with Gasteiger partial charge in [-0.05, 0) is 23.5 Å². The molecule has 1 unspecified atom stereocenters. The van der Waals surface area contributed by atoms with Gasteiger partial charge >= 0.3 is 6.18 Å². The van der Waals surface area contributed by atoms with Crippen LogP contribution in [-0.2, 0) is 5.41 Å². The topological polar surface area (TPSA) is 0 Å². The summed E-state index contributed by atoms with van der Waals surface area (Å²) in [6.45, 7) is 7.71. The second kappa shape index (κ2) is 5.17. The van der Waals surface area contributed by atoms with Crippen LogP contribution in [0.25, 0.3) is 0 Å². The maximum atomic E-state index is 12.9. The molecule has 1 aromatic rings. The summed E-state index contributed by atoms with van der Waals surface area (Å²) in [5.74, 6) is -1.52. The highest BCUT2D eigenvalue weighted by Crippen LogP contribution is 2.36. The zero-order valence-corrected chi connectivity index (χ0v) is 11.2. The van der Waals surface area contributed by atoms with E-state index in [1.165, 1.54) is 12.2 Å². The van der Waals surface area contributed by atoms with Gasteiger partial charge in [-0.3, -0.25) is 0 Å². The Morgan fingerprint density at radius 1 is 1.00 bits per heavy atom. The van der Waals surface area contributed by atoms with Gasteiger partial charge in [-0.15, -0.1) is 0 Å². The Morgan fingerprint density at radius 3 is 1.83 bits per heavy atom. The van der Waals surface area contributed by atoms with Crippen molar-refractivity contribution in [3.8, 4) is 0 Å². The molecular weight excluding hydrogens is 237 g/mol. The number of hydrogen-bond donors (Lipinski definition) is 0. The molecular formula is C15H19F3. The molecule has 0 bridgehead atoms. The first-order valence-corrected chi connectivity index (χ1v) is 5.96. The SMILES string of the molecule is C/C=C/C(c1ccc(C(C)(C)C)cc1)C(F)(F)F. The van der Waals surface area contributed by atoms with Crippen LogP contribution in [0, 0.1) is 0 Å². The van der Waals surface area contributed by atoms with Crippen molar-refractivity contribution >= 4 is 0 Å². The molecule has 0 aliphatic carbocycles. The molecule has 0 N–H and O–H groups in total. The van der Waals surface area contributed by atoms with Gasteiger partial charge in [-0.2, -0.15) is 13.2 Å². The van der Waals surface area contributed by atoms with Crippen LogP contribution in [-0.4, -0.2) is 6.18 Å². The molecule has 0 amide bonds. The van der Waals surface area contributed by atoms with E-state index in [0.29, 0.717) is 0 Å². The fourth-order valence-corrected chi connectivity index (χ4v) is 1.79. The van der Waals surface area contributed by atoms with Crippen molar-refractivity contribution in [3.63, 3.8) is 0 Å². The zero-order valence-electron chi connectivity index (χ0n) is 11.2. The Labute approximate surface area is 107 Å². The van der Waals surface area contributed by atoms with E-state index in [1.54, 1.807) is 31.2 Å². The Hall–Kier alpha value is -1.25. The van der Waals surface area contributed by atoms with Crippen LogP contribution >= 0.6 is 0 Å². The third-order valence-electron chi connectivity index (χ3n) is 2.87. The van der Waals surface area contributed by atoms with Crippen LogP contribution in [0.4, 0.5) is 13.2 Å². The molecule has 0 radical (unpaired) electrons. The first kappa shape index (κ1) is 14.8. The lowest BCUT2D eigenvalue weighted by molar-refractivity contribution is -0.139. The van der Waals surface area contributed by atoms with E-state index in [0.717, 1.165) is 5.56 Å². The van der Waals surface area contributed by atoms with Crippen LogP contribution in [0.5, 0.6) is 0 Å². The van der Waals surface area contributed by atoms with Crippen LogP contribution < -0.4 is 0 Å². The summed E-state index contributed by atoms with van der Waals surface area (Å²) >= 11 is 0. The Bertz CT molecular complexity index is 405. The molecule has 1 atom stereocenters. The smallest absolute Gasteiger partial charge is 0.170 e. The summed E-state index contributed by atoms with van der Waals surface area (Å²) in [5.41, 5.74) is 1.27. The largest absolute Gasteiger partial charge is 0.399 e. The van der Waals surface area contributed by atoms with Gasteiger partial charge in [0.15, 0.2) is 0 Å². The molecule has 0 saturated heterocycles. The van der Waals surface area contributed by atoms with E-state index in [-0.39, 0.29) is 11.0 Å². The van der Waals surface area contributed by atoms with E-state index in [9.17, 15) is 13.2 Å². The maximum absolute atomic E-state index is 12.9. The fraction of sp³-hybridized carbons (Fsp3) is 0.467. The molecule has 0 aliphatic heterocycles. The lowest BCUT2D eigenvalue weighted by Gasteiger charge is -2.21. The fourth-order valence-electron chi connectivity index (χ4n) is 1.79. The Morgan fingerprint density at radius 2 is 1.50 bits per heavy atom. The second-order valence-electron chi connectivity index (χ2n) is 5.42. The molecule has 1 rings (SSSR count). The monoisotopic (exact) mass is 256 g/mol. The van der Waals surface area contributed by atoms with Crippen LogP contribution in [0.2, 0.25) is 0 Å². The van der Waals surface area contributed by atoms with Crippen LogP contribution in [0.15, 0.2) is 36.4 Å². The maximum Gasteiger partial charge on any atom is 0.399 e. The molecule has 3 heteroatoms. The predicted octanol–water partition coefficient (Wildman–Crippen LogP) is 5.21.